The lowest BCUT2D eigenvalue weighted by Gasteiger charge is -2.14. The van der Waals surface area contributed by atoms with Crippen LogP contribution in [0.5, 0.6) is 0 Å². The van der Waals surface area contributed by atoms with Crippen LogP contribution >= 0.6 is 15.9 Å². The van der Waals surface area contributed by atoms with E-state index in [2.05, 4.69) is 262 Å². The van der Waals surface area contributed by atoms with Crippen molar-refractivity contribution in [3.63, 3.8) is 0 Å². The maximum Gasteiger partial charge on any atom is 0.0547 e. The van der Waals surface area contributed by atoms with Crippen LogP contribution in [0, 0.1) is 0 Å². The Morgan fingerprint density at radius 1 is 0.254 bits per heavy atom. The minimum absolute atomic E-state index is 1.06. The van der Waals surface area contributed by atoms with Gasteiger partial charge in [0.25, 0.3) is 0 Å². The first-order valence-electron chi connectivity index (χ1n) is 21.4. The van der Waals surface area contributed by atoms with Crippen molar-refractivity contribution in [3.05, 3.63) is 241 Å². The Kier molecular flexibility index (Phi) is 9.02. The van der Waals surface area contributed by atoms with E-state index in [9.17, 15) is 0 Å². The number of hydrogen-bond acceptors (Lipinski definition) is 0. The Bertz CT molecular complexity index is 3420. The molecule has 2 heterocycles. The Morgan fingerprint density at radius 3 is 1.06 bits per heavy atom. The van der Waals surface area contributed by atoms with Crippen LogP contribution in [0.25, 0.3) is 111 Å². The lowest BCUT2D eigenvalue weighted by atomic mass is 9.90. The van der Waals surface area contributed by atoms with Gasteiger partial charge in [-0.3, -0.25) is 0 Å². The fourth-order valence-corrected chi connectivity index (χ4v) is 9.96. The van der Waals surface area contributed by atoms with Gasteiger partial charge in [0, 0.05) is 37.4 Å². The SMILES string of the molecule is Brc1ccc(-c2cc(-c3cccc4c3c3ccccc3n4-c3ccc(-c4ccccc4)cc3)cc(-c3cccc4c3c3ccccc3n4-c3ccc(-c4ccccc4)cc3)c2)cc1. The van der Waals surface area contributed by atoms with Crippen molar-refractivity contribution < 1.29 is 0 Å². The molecule has 0 radical (unpaired) electrons. The van der Waals surface area contributed by atoms with Crippen LogP contribution in [0.2, 0.25) is 0 Å². The van der Waals surface area contributed by atoms with Crippen LogP contribution in [0.4, 0.5) is 0 Å². The largest absolute Gasteiger partial charge is 0.309 e. The van der Waals surface area contributed by atoms with E-state index in [1.54, 1.807) is 0 Å². The number of fused-ring (bicyclic) bond motifs is 6. The van der Waals surface area contributed by atoms with E-state index in [0.717, 1.165) is 15.8 Å². The zero-order valence-electron chi connectivity index (χ0n) is 34.3. The second kappa shape index (κ2) is 15.3. The molecular formula is C60H39BrN2. The van der Waals surface area contributed by atoms with Crippen LogP contribution in [-0.4, -0.2) is 9.13 Å². The van der Waals surface area contributed by atoms with Gasteiger partial charge in [0.15, 0.2) is 0 Å². The van der Waals surface area contributed by atoms with Gasteiger partial charge in [-0.15, -0.1) is 0 Å². The lowest BCUT2D eigenvalue weighted by Crippen LogP contribution is -1.94. The molecular weight excluding hydrogens is 829 g/mol. The molecule has 0 aliphatic rings. The first-order valence-corrected chi connectivity index (χ1v) is 22.2. The summed E-state index contributed by atoms with van der Waals surface area (Å²) in [6.07, 6.45) is 0. The first-order chi connectivity index (χ1) is 31.2. The Morgan fingerprint density at radius 2 is 0.603 bits per heavy atom. The number of rotatable bonds is 7. The number of hydrogen-bond donors (Lipinski definition) is 0. The molecule has 0 aliphatic heterocycles. The lowest BCUT2D eigenvalue weighted by molar-refractivity contribution is 1.18. The van der Waals surface area contributed by atoms with Crippen LogP contribution < -0.4 is 0 Å². The minimum atomic E-state index is 1.06. The maximum absolute atomic E-state index is 3.69. The van der Waals surface area contributed by atoms with Crippen LogP contribution in [0.15, 0.2) is 241 Å². The van der Waals surface area contributed by atoms with Gasteiger partial charge < -0.3 is 9.13 Å². The number of benzene rings is 10. The number of halogens is 1. The van der Waals surface area contributed by atoms with Crippen molar-refractivity contribution in [2.75, 3.05) is 0 Å². The summed E-state index contributed by atoms with van der Waals surface area (Å²) >= 11 is 3.69. The van der Waals surface area contributed by atoms with Gasteiger partial charge in [-0.1, -0.05) is 174 Å². The molecule has 2 aromatic heterocycles. The summed E-state index contributed by atoms with van der Waals surface area (Å²) in [6, 6.07) is 86.2. The number of nitrogens with zero attached hydrogens (tertiary/aromatic N) is 2. The molecule has 63 heavy (non-hydrogen) atoms. The zero-order valence-corrected chi connectivity index (χ0v) is 35.9. The Labute approximate surface area is 374 Å². The summed E-state index contributed by atoms with van der Waals surface area (Å²) in [4.78, 5) is 0. The van der Waals surface area contributed by atoms with Crippen molar-refractivity contribution in [1.82, 2.24) is 9.13 Å². The number of para-hydroxylation sites is 2. The van der Waals surface area contributed by atoms with Gasteiger partial charge in [0.1, 0.15) is 0 Å². The van der Waals surface area contributed by atoms with E-state index in [4.69, 9.17) is 0 Å². The van der Waals surface area contributed by atoms with Crippen molar-refractivity contribution in [2.45, 2.75) is 0 Å². The van der Waals surface area contributed by atoms with E-state index < -0.39 is 0 Å². The van der Waals surface area contributed by atoms with Crippen molar-refractivity contribution >= 4 is 59.5 Å². The zero-order chi connectivity index (χ0) is 41.9. The monoisotopic (exact) mass is 866 g/mol. The average Bonchev–Trinajstić information content (AvgIpc) is 3.88. The Hall–Kier alpha value is -7.72. The molecule has 296 valence electrons. The second-order valence-corrected chi connectivity index (χ2v) is 17.2. The molecule has 12 rings (SSSR count). The van der Waals surface area contributed by atoms with Crippen LogP contribution in [0.1, 0.15) is 0 Å². The topological polar surface area (TPSA) is 9.86 Å². The molecule has 0 amide bonds. The first kappa shape index (κ1) is 37.1. The van der Waals surface area contributed by atoms with E-state index in [-0.39, 0.29) is 0 Å². The molecule has 3 heteroatoms. The third kappa shape index (κ3) is 6.40. The summed E-state index contributed by atoms with van der Waals surface area (Å²) in [5, 5.41) is 4.95. The molecule has 0 fully saturated rings. The fraction of sp³-hybridized carbons (Fsp3) is 0. The summed E-state index contributed by atoms with van der Waals surface area (Å²) in [5.41, 5.74) is 19.0. The van der Waals surface area contributed by atoms with Gasteiger partial charge in [0.2, 0.25) is 0 Å². The van der Waals surface area contributed by atoms with Gasteiger partial charge in [-0.2, -0.15) is 0 Å². The smallest absolute Gasteiger partial charge is 0.0547 e. The van der Waals surface area contributed by atoms with E-state index in [1.807, 2.05) is 0 Å². The number of aromatic nitrogens is 2. The highest BCUT2D eigenvalue weighted by atomic mass is 79.9. The molecule has 0 aliphatic carbocycles. The highest BCUT2D eigenvalue weighted by Crippen LogP contribution is 2.44. The van der Waals surface area contributed by atoms with E-state index >= 15 is 0 Å². The molecule has 12 aromatic rings. The van der Waals surface area contributed by atoms with E-state index in [0.29, 0.717) is 0 Å². The minimum Gasteiger partial charge on any atom is -0.309 e. The van der Waals surface area contributed by atoms with Crippen molar-refractivity contribution in [2.24, 2.45) is 0 Å². The predicted octanol–water partition coefficient (Wildman–Crippen LogP) is 17.0. The fourth-order valence-electron chi connectivity index (χ4n) is 9.69. The summed E-state index contributed by atoms with van der Waals surface area (Å²) in [6.45, 7) is 0. The summed E-state index contributed by atoms with van der Waals surface area (Å²) in [7, 11) is 0. The molecule has 0 N–H and O–H groups in total. The van der Waals surface area contributed by atoms with Crippen molar-refractivity contribution in [1.29, 1.82) is 0 Å². The Balaban J connectivity index is 1.07. The van der Waals surface area contributed by atoms with Crippen LogP contribution in [-0.2, 0) is 0 Å². The third-order valence-corrected chi connectivity index (χ3v) is 13.1. The summed E-state index contributed by atoms with van der Waals surface area (Å²) < 4.78 is 5.90. The molecule has 0 atom stereocenters. The molecule has 0 unspecified atom stereocenters. The summed E-state index contributed by atoms with van der Waals surface area (Å²) in [5.74, 6) is 0. The van der Waals surface area contributed by atoms with Crippen molar-refractivity contribution in [3.8, 4) is 67.0 Å². The molecule has 2 nitrogen and oxygen atoms in total. The van der Waals surface area contributed by atoms with Gasteiger partial charge in [-0.05, 0) is 134 Å². The van der Waals surface area contributed by atoms with Crippen LogP contribution in [0.3, 0.4) is 0 Å². The molecule has 0 saturated heterocycles. The highest BCUT2D eigenvalue weighted by Gasteiger charge is 2.20. The predicted molar refractivity (Wildman–Crippen MR) is 270 cm³/mol. The maximum atomic E-state index is 3.69. The molecule has 0 spiro atoms. The highest BCUT2D eigenvalue weighted by molar-refractivity contribution is 9.10. The molecule has 10 aromatic carbocycles. The quantitative estimate of drug-likeness (QED) is 0.151. The average molecular weight is 868 g/mol. The van der Waals surface area contributed by atoms with Gasteiger partial charge in [0.05, 0.1) is 22.1 Å². The third-order valence-electron chi connectivity index (χ3n) is 12.6. The second-order valence-electron chi connectivity index (χ2n) is 16.2. The van der Waals surface area contributed by atoms with E-state index in [1.165, 1.54) is 99.2 Å². The normalized spacial score (nSPS) is 11.6. The van der Waals surface area contributed by atoms with Gasteiger partial charge in [-0.25, -0.2) is 0 Å². The molecule has 0 saturated carbocycles. The molecule has 0 bridgehead atoms. The standard InChI is InChI=1S/C60H39BrN2/c61-48-31-25-44(26-32-48)45-37-46(51-19-11-23-57-59(51)53-17-7-9-21-55(53)62(57)49-33-27-42(28-34-49)40-13-3-1-4-14-40)39-47(38-45)52-20-12-24-58-60(52)54-18-8-10-22-56(54)63(58)50-35-29-43(30-36-50)41-15-5-2-6-16-41/h1-39H. The van der Waals surface area contributed by atoms with Gasteiger partial charge >= 0.3 is 0 Å².